The summed E-state index contributed by atoms with van der Waals surface area (Å²) < 4.78 is 26.5. The van der Waals surface area contributed by atoms with Crippen LogP contribution in [0.5, 0.6) is 0 Å². The first-order valence-corrected chi connectivity index (χ1v) is 8.64. The van der Waals surface area contributed by atoms with Gasteiger partial charge in [-0.15, -0.1) is 0 Å². The normalized spacial score (nSPS) is 15.8. The van der Waals surface area contributed by atoms with Crippen LogP contribution in [0.25, 0.3) is 0 Å². The minimum absolute atomic E-state index is 0.122. The minimum Gasteiger partial charge on any atom is -0.316 e. The van der Waals surface area contributed by atoms with Crippen molar-refractivity contribution in [1.29, 1.82) is 0 Å². The van der Waals surface area contributed by atoms with E-state index in [1.165, 1.54) is 10.4 Å². The summed E-state index contributed by atoms with van der Waals surface area (Å²) >= 11 is 12.1. The van der Waals surface area contributed by atoms with E-state index in [-0.39, 0.29) is 9.92 Å². The van der Waals surface area contributed by atoms with Crippen molar-refractivity contribution < 1.29 is 8.42 Å². The molecule has 1 aromatic rings. The van der Waals surface area contributed by atoms with Gasteiger partial charge in [0.2, 0.25) is 10.0 Å². The van der Waals surface area contributed by atoms with Crippen molar-refractivity contribution in [1.82, 2.24) is 9.62 Å². The molecule has 0 aromatic heterocycles. The van der Waals surface area contributed by atoms with Crippen molar-refractivity contribution in [3.8, 4) is 0 Å². The summed E-state index contributed by atoms with van der Waals surface area (Å²) in [6.07, 6.45) is 2.19. The van der Waals surface area contributed by atoms with Gasteiger partial charge in [-0.25, -0.2) is 12.7 Å². The molecule has 2 rings (SSSR count). The third-order valence-electron chi connectivity index (χ3n) is 3.37. The molecule has 1 aliphatic rings. The predicted molar refractivity (Wildman–Crippen MR) is 81.8 cm³/mol. The molecule has 0 atom stereocenters. The van der Waals surface area contributed by atoms with E-state index in [1.54, 1.807) is 20.2 Å². The molecule has 0 spiro atoms. The number of nitrogens with one attached hydrogen (secondary N) is 1. The van der Waals surface area contributed by atoms with Gasteiger partial charge in [-0.3, -0.25) is 0 Å². The molecule has 0 bridgehead atoms. The van der Waals surface area contributed by atoms with Gasteiger partial charge in [0.25, 0.3) is 0 Å². The molecule has 0 amide bonds. The van der Waals surface area contributed by atoms with Crippen LogP contribution in [-0.4, -0.2) is 33.4 Å². The Kier molecular flexibility index (Phi) is 4.97. The maximum Gasteiger partial charge on any atom is 0.244 e. The highest BCUT2D eigenvalue weighted by Gasteiger charge is 2.30. The Morgan fingerprint density at radius 3 is 2.50 bits per heavy atom. The number of benzene rings is 1. The Hall–Kier alpha value is -0.330. The lowest BCUT2D eigenvalue weighted by Crippen LogP contribution is -2.29. The molecular formula is C13H18Cl2N2O2S. The van der Waals surface area contributed by atoms with E-state index < -0.39 is 10.0 Å². The molecule has 0 aliphatic heterocycles. The molecule has 1 fully saturated rings. The zero-order chi connectivity index (χ0) is 14.9. The maximum absolute atomic E-state index is 12.6. The van der Waals surface area contributed by atoms with E-state index in [9.17, 15) is 8.42 Å². The highest BCUT2D eigenvalue weighted by molar-refractivity contribution is 7.89. The summed E-state index contributed by atoms with van der Waals surface area (Å²) in [7, 11) is -0.198. The van der Waals surface area contributed by atoms with E-state index in [2.05, 4.69) is 5.32 Å². The second-order valence-electron chi connectivity index (χ2n) is 5.13. The highest BCUT2D eigenvalue weighted by Crippen LogP contribution is 2.34. The summed E-state index contributed by atoms with van der Waals surface area (Å²) in [6, 6.07) is 3.05. The molecular weight excluding hydrogens is 319 g/mol. The summed E-state index contributed by atoms with van der Waals surface area (Å²) in [6.45, 7) is 1.04. The molecule has 1 aromatic carbocycles. The van der Waals surface area contributed by atoms with Gasteiger partial charge >= 0.3 is 0 Å². The quantitative estimate of drug-likeness (QED) is 0.868. The average molecular weight is 337 g/mol. The average Bonchev–Trinajstić information content (AvgIpc) is 3.16. The first kappa shape index (κ1) is 16.0. The third-order valence-corrected chi connectivity index (χ3v) is 6.01. The van der Waals surface area contributed by atoms with E-state index >= 15 is 0 Å². The molecule has 7 heteroatoms. The molecule has 0 heterocycles. The van der Waals surface area contributed by atoms with E-state index in [4.69, 9.17) is 23.2 Å². The SMILES string of the molecule is CNCc1cc(S(=O)(=O)N(C)CC2CC2)c(Cl)cc1Cl. The molecule has 1 aliphatic carbocycles. The van der Waals surface area contributed by atoms with Crippen LogP contribution in [0, 0.1) is 5.92 Å². The first-order valence-electron chi connectivity index (χ1n) is 6.45. The summed E-state index contributed by atoms with van der Waals surface area (Å²) in [5.74, 6) is 0.484. The lowest BCUT2D eigenvalue weighted by molar-refractivity contribution is 0.453. The van der Waals surface area contributed by atoms with E-state index in [1.807, 2.05) is 0 Å². The standard InChI is InChI=1S/C13H18Cl2N2O2S/c1-16-7-10-5-13(12(15)6-11(10)14)20(18,19)17(2)8-9-3-4-9/h5-6,9,16H,3-4,7-8H2,1-2H3. The number of hydrogen-bond acceptors (Lipinski definition) is 3. The summed E-state index contributed by atoms with van der Waals surface area (Å²) in [4.78, 5) is 0.122. The molecule has 0 saturated heterocycles. The van der Waals surface area contributed by atoms with Crippen molar-refractivity contribution in [3.05, 3.63) is 27.7 Å². The van der Waals surface area contributed by atoms with Gasteiger partial charge in [0, 0.05) is 25.2 Å². The summed E-state index contributed by atoms with van der Waals surface area (Å²) in [5, 5.41) is 3.59. The number of nitrogens with zero attached hydrogens (tertiary/aromatic N) is 1. The lowest BCUT2D eigenvalue weighted by atomic mass is 10.2. The molecule has 112 valence electrons. The van der Waals surface area contributed by atoms with Gasteiger partial charge in [-0.1, -0.05) is 23.2 Å². The number of sulfonamides is 1. The highest BCUT2D eigenvalue weighted by atomic mass is 35.5. The van der Waals surface area contributed by atoms with Crippen molar-refractivity contribution in [2.24, 2.45) is 5.92 Å². The van der Waals surface area contributed by atoms with Gasteiger partial charge in [-0.05, 0) is 43.5 Å². The van der Waals surface area contributed by atoms with Crippen molar-refractivity contribution in [3.63, 3.8) is 0 Å². The van der Waals surface area contributed by atoms with Crippen LogP contribution in [0.2, 0.25) is 10.0 Å². The van der Waals surface area contributed by atoms with Crippen LogP contribution in [0.3, 0.4) is 0 Å². The van der Waals surface area contributed by atoms with Gasteiger partial charge in [0.1, 0.15) is 4.90 Å². The van der Waals surface area contributed by atoms with Crippen LogP contribution in [-0.2, 0) is 16.6 Å². The third kappa shape index (κ3) is 3.46. The predicted octanol–water partition coefficient (Wildman–Crippen LogP) is 2.74. The fourth-order valence-corrected chi connectivity index (χ4v) is 4.11. The molecule has 0 radical (unpaired) electrons. The van der Waals surface area contributed by atoms with Gasteiger partial charge in [0.15, 0.2) is 0 Å². The van der Waals surface area contributed by atoms with Gasteiger partial charge < -0.3 is 5.32 Å². The van der Waals surface area contributed by atoms with Crippen LogP contribution >= 0.6 is 23.2 Å². The van der Waals surface area contributed by atoms with Crippen LogP contribution < -0.4 is 5.32 Å². The molecule has 4 nitrogen and oxygen atoms in total. The van der Waals surface area contributed by atoms with Crippen molar-refractivity contribution >= 4 is 33.2 Å². The second kappa shape index (κ2) is 6.20. The summed E-state index contributed by atoms with van der Waals surface area (Å²) in [5.41, 5.74) is 0.719. The minimum atomic E-state index is -3.57. The van der Waals surface area contributed by atoms with Crippen molar-refractivity contribution in [2.45, 2.75) is 24.3 Å². The molecule has 20 heavy (non-hydrogen) atoms. The Balaban J connectivity index is 2.36. The van der Waals surface area contributed by atoms with Gasteiger partial charge in [-0.2, -0.15) is 0 Å². The molecule has 0 unspecified atom stereocenters. The first-order chi connectivity index (χ1) is 9.36. The van der Waals surface area contributed by atoms with Gasteiger partial charge in [0.05, 0.1) is 5.02 Å². The fraction of sp³-hybridized carbons (Fsp3) is 0.538. The zero-order valence-electron chi connectivity index (χ0n) is 11.5. The number of halogens is 2. The van der Waals surface area contributed by atoms with E-state index in [0.717, 1.165) is 18.4 Å². The van der Waals surface area contributed by atoms with E-state index in [0.29, 0.717) is 24.0 Å². The monoisotopic (exact) mass is 336 g/mol. The Morgan fingerprint density at radius 1 is 1.30 bits per heavy atom. The Bertz CT molecular complexity index is 601. The zero-order valence-corrected chi connectivity index (χ0v) is 13.8. The Morgan fingerprint density at radius 2 is 1.95 bits per heavy atom. The van der Waals surface area contributed by atoms with Crippen LogP contribution in [0.15, 0.2) is 17.0 Å². The topological polar surface area (TPSA) is 49.4 Å². The fourth-order valence-electron chi connectivity index (χ4n) is 2.02. The van der Waals surface area contributed by atoms with Crippen LogP contribution in [0.1, 0.15) is 18.4 Å². The Labute approximate surface area is 130 Å². The number of rotatable bonds is 6. The van der Waals surface area contributed by atoms with Crippen molar-refractivity contribution in [2.75, 3.05) is 20.6 Å². The lowest BCUT2D eigenvalue weighted by Gasteiger charge is -2.18. The second-order valence-corrected chi connectivity index (χ2v) is 7.96. The van der Waals surface area contributed by atoms with Crippen LogP contribution in [0.4, 0.5) is 0 Å². The largest absolute Gasteiger partial charge is 0.316 e. The number of hydrogen-bond donors (Lipinski definition) is 1. The molecule has 1 saturated carbocycles. The smallest absolute Gasteiger partial charge is 0.244 e. The maximum atomic E-state index is 12.6. The molecule has 1 N–H and O–H groups in total.